The van der Waals surface area contributed by atoms with Crippen molar-refractivity contribution in [2.75, 3.05) is 36.0 Å². The van der Waals surface area contributed by atoms with Gasteiger partial charge in [0.25, 0.3) is 0 Å². The van der Waals surface area contributed by atoms with Crippen LogP contribution in [0.1, 0.15) is 10.6 Å². The fourth-order valence-corrected chi connectivity index (χ4v) is 4.38. The quantitative estimate of drug-likeness (QED) is 0.496. The second-order valence-corrected chi connectivity index (χ2v) is 8.49. The second kappa shape index (κ2) is 7.83. The molecular formula is C21H21N7OS. The lowest BCUT2D eigenvalue weighted by atomic mass is 10.1. The van der Waals surface area contributed by atoms with Gasteiger partial charge in [0.1, 0.15) is 0 Å². The van der Waals surface area contributed by atoms with Crippen molar-refractivity contribution in [2.45, 2.75) is 13.8 Å². The molecule has 4 aromatic rings. The average molecular weight is 420 g/mol. The molecule has 152 valence electrons. The Hall–Kier alpha value is -3.33. The van der Waals surface area contributed by atoms with Crippen molar-refractivity contribution in [3.63, 3.8) is 0 Å². The van der Waals surface area contributed by atoms with E-state index >= 15 is 0 Å². The van der Waals surface area contributed by atoms with Gasteiger partial charge in [-0.2, -0.15) is 0 Å². The molecule has 1 aliphatic rings. The minimum Gasteiger partial charge on any atom is -0.356 e. The van der Waals surface area contributed by atoms with Gasteiger partial charge in [-0.05, 0) is 32.0 Å². The van der Waals surface area contributed by atoms with Gasteiger partial charge in [-0.1, -0.05) is 5.16 Å². The lowest BCUT2D eigenvalue weighted by Gasteiger charge is -2.34. The van der Waals surface area contributed by atoms with Gasteiger partial charge in [0.2, 0.25) is 11.9 Å². The van der Waals surface area contributed by atoms with Crippen LogP contribution < -0.4 is 9.80 Å². The average Bonchev–Trinajstić information content (AvgIpc) is 3.42. The molecule has 0 saturated carbocycles. The fourth-order valence-electron chi connectivity index (χ4n) is 3.51. The maximum atomic E-state index is 5.51. The number of thiophene rings is 1. The number of aryl methyl sites for hydroxylation is 2. The van der Waals surface area contributed by atoms with Crippen molar-refractivity contribution in [1.82, 2.24) is 25.1 Å². The lowest BCUT2D eigenvalue weighted by molar-refractivity contribution is 0.427. The van der Waals surface area contributed by atoms with Gasteiger partial charge >= 0.3 is 0 Å². The summed E-state index contributed by atoms with van der Waals surface area (Å²) in [7, 11) is 0. The Labute approximate surface area is 178 Å². The standard InChI is InChI=1S/C21H21N7OS/c1-14-12-17(29-26-14)16-13-24-21(25-19(16)18-5-4-15(2)30-18)28-10-8-27(9-11-28)20-22-6-3-7-23-20/h3-7,12-13H,8-11H2,1-2H3. The van der Waals surface area contributed by atoms with Gasteiger partial charge < -0.3 is 14.3 Å². The van der Waals surface area contributed by atoms with Crippen molar-refractivity contribution >= 4 is 23.2 Å². The Morgan fingerprint density at radius 3 is 2.30 bits per heavy atom. The van der Waals surface area contributed by atoms with Gasteiger partial charge in [-0.25, -0.2) is 19.9 Å². The third kappa shape index (κ3) is 3.63. The Morgan fingerprint density at radius 1 is 0.933 bits per heavy atom. The number of hydrogen-bond donors (Lipinski definition) is 0. The summed E-state index contributed by atoms with van der Waals surface area (Å²) in [5.74, 6) is 2.18. The summed E-state index contributed by atoms with van der Waals surface area (Å²) in [6.45, 7) is 7.27. The first kappa shape index (κ1) is 18.7. The Balaban J connectivity index is 1.44. The van der Waals surface area contributed by atoms with E-state index in [0.29, 0.717) is 5.76 Å². The summed E-state index contributed by atoms with van der Waals surface area (Å²) in [5, 5.41) is 4.03. The summed E-state index contributed by atoms with van der Waals surface area (Å²) < 4.78 is 5.51. The van der Waals surface area contributed by atoms with Crippen molar-refractivity contribution in [3.8, 4) is 21.9 Å². The van der Waals surface area contributed by atoms with Gasteiger partial charge in [-0.3, -0.25) is 0 Å². The molecule has 0 aliphatic carbocycles. The molecule has 0 radical (unpaired) electrons. The van der Waals surface area contributed by atoms with Crippen LogP contribution in [0.15, 0.2) is 47.4 Å². The molecule has 0 aromatic carbocycles. The van der Waals surface area contributed by atoms with Crippen LogP contribution in [0.5, 0.6) is 0 Å². The van der Waals surface area contributed by atoms with Crippen LogP contribution in [0.25, 0.3) is 21.9 Å². The van der Waals surface area contributed by atoms with E-state index in [0.717, 1.165) is 59.9 Å². The molecule has 4 aromatic heterocycles. The minimum atomic E-state index is 0.686. The highest BCUT2D eigenvalue weighted by Gasteiger charge is 2.23. The molecule has 0 unspecified atom stereocenters. The number of anilines is 2. The molecule has 1 fully saturated rings. The van der Waals surface area contributed by atoms with Gasteiger partial charge in [0, 0.05) is 55.7 Å². The molecule has 30 heavy (non-hydrogen) atoms. The lowest BCUT2D eigenvalue weighted by Crippen LogP contribution is -2.47. The van der Waals surface area contributed by atoms with Gasteiger partial charge in [-0.15, -0.1) is 11.3 Å². The predicted molar refractivity (Wildman–Crippen MR) is 117 cm³/mol. The van der Waals surface area contributed by atoms with E-state index in [4.69, 9.17) is 9.51 Å². The topological polar surface area (TPSA) is 84.1 Å². The zero-order valence-corrected chi connectivity index (χ0v) is 17.6. The van der Waals surface area contributed by atoms with Crippen molar-refractivity contribution < 1.29 is 4.52 Å². The van der Waals surface area contributed by atoms with Crippen LogP contribution in [-0.2, 0) is 0 Å². The molecule has 1 aliphatic heterocycles. The highest BCUT2D eigenvalue weighted by molar-refractivity contribution is 7.15. The first-order chi connectivity index (χ1) is 14.7. The van der Waals surface area contributed by atoms with E-state index in [2.05, 4.69) is 49.0 Å². The van der Waals surface area contributed by atoms with Crippen molar-refractivity contribution in [2.24, 2.45) is 0 Å². The van der Waals surface area contributed by atoms with Crippen LogP contribution in [0.4, 0.5) is 11.9 Å². The molecule has 5 heterocycles. The molecule has 5 rings (SSSR count). The smallest absolute Gasteiger partial charge is 0.226 e. The zero-order valence-electron chi connectivity index (χ0n) is 16.8. The minimum absolute atomic E-state index is 0.686. The van der Waals surface area contributed by atoms with Crippen LogP contribution >= 0.6 is 11.3 Å². The SMILES string of the molecule is Cc1cc(-c2cnc(N3CCN(c4ncccn4)CC3)nc2-c2ccc(C)s2)on1. The molecule has 1 saturated heterocycles. The van der Waals surface area contributed by atoms with E-state index in [1.54, 1.807) is 23.7 Å². The number of hydrogen-bond acceptors (Lipinski definition) is 9. The number of nitrogens with zero attached hydrogens (tertiary/aromatic N) is 7. The third-order valence-electron chi connectivity index (χ3n) is 5.04. The highest BCUT2D eigenvalue weighted by Crippen LogP contribution is 2.35. The monoisotopic (exact) mass is 419 g/mol. The molecular weight excluding hydrogens is 398 g/mol. The van der Waals surface area contributed by atoms with Crippen molar-refractivity contribution in [1.29, 1.82) is 0 Å². The molecule has 0 N–H and O–H groups in total. The molecule has 0 atom stereocenters. The summed E-state index contributed by atoms with van der Waals surface area (Å²) in [4.78, 5) is 25.0. The number of rotatable bonds is 4. The van der Waals surface area contributed by atoms with Crippen LogP contribution in [-0.4, -0.2) is 51.3 Å². The highest BCUT2D eigenvalue weighted by atomic mass is 32.1. The van der Waals surface area contributed by atoms with Crippen LogP contribution in [0.2, 0.25) is 0 Å². The normalized spacial score (nSPS) is 14.3. The Bertz CT molecular complexity index is 1150. The van der Waals surface area contributed by atoms with Crippen LogP contribution in [0, 0.1) is 13.8 Å². The Kier molecular flexibility index (Phi) is 4.88. The summed E-state index contributed by atoms with van der Waals surface area (Å²) in [6.07, 6.45) is 5.40. The van der Waals surface area contributed by atoms with Crippen molar-refractivity contribution in [3.05, 3.63) is 53.4 Å². The van der Waals surface area contributed by atoms with E-state index < -0.39 is 0 Å². The van der Waals surface area contributed by atoms with E-state index in [1.807, 2.05) is 25.3 Å². The maximum Gasteiger partial charge on any atom is 0.226 e. The predicted octanol–water partition coefficient (Wildman–Crippen LogP) is 3.59. The molecule has 8 nitrogen and oxygen atoms in total. The molecule has 0 spiro atoms. The fraction of sp³-hybridized carbons (Fsp3) is 0.286. The Morgan fingerprint density at radius 2 is 1.67 bits per heavy atom. The third-order valence-corrected chi connectivity index (χ3v) is 6.05. The maximum absolute atomic E-state index is 5.51. The van der Waals surface area contributed by atoms with Gasteiger partial charge in [0.15, 0.2) is 5.76 Å². The van der Waals surface area contributed by atoms with E-state index in [1.165, 1.54) is 4.88 Å². The van der Waals surface area contributed by atoms with E-state index in [9.17, 15) is 0 Å². The number of piperazine rings is 1. The van der Waals surface area contributed by atoms with E-state index in [-0.39, 0.29) is 0 Å². The van der Waals surface area contributed by atoms with Gasteiger partial charge in [0.05, 0.1) is 21.8 Å². The largest absolute Gasteiger partial charge is 0.356 e. The summed E-state index contributed by atoms with van der Waals surface area (Å²) >= 11 is 1.71. The molecule has 9 heteroatoms. The van der Waals surface area contributed by atoms with Crippen LogP contribution in [0.3, 0.4) is 0 Å². The first-order valence-corrected chi connectivity index (χ1v) is 10.6. The number of aromatic nitrogens is 5. The molecule has 0 bridgehead atoms. The second-order valence-electron chi connectivity index (χ2n) is 7.20. The summed E-state index contributed by atoms with van der Waals surface area (Å²) in [6, 6.07) is 7.96. The summed E-state index contributed by atoms with van der Waals surface area (Å²) in [5.41, 5.74) is 2.57. The zero-order chi connectivity index (χ0) is 20.5. The first-order valence-electron chi connectivity index (χ1n) is 9.82. The molecule has 0 amide bonds.